The van der Waals surface area contributed by atoms with Crippen molar-refractivity contribution in [1.82, 2.24) is 0 Å². The Morgan fingerprint density at radius 3 is 2.69 bits per heavy atom. The van der Waals surface area contributed by atoms with Crippen LogP contribution in [-0.2, 0) is 0 Å². The molecule has 0 fully saturated rings. The lowest BCUT2D eigenvalue weighted by atomic mass is 10.3. The van der Waals surface area contributed by atoms with E-state index in [2.05, 4.69) is 22.5 Å². The predicted molar refractivity (Wildman–Crippen MR) is 55.1 cm³/mol. The van der Waals surface area contributed by atoms with Crippen LogP contribution in [0.15, 0.2) is 34.2 Å². The van der Waals surface area contributed by atoms with Crippen LogP contribution in [0.2, 0.25) is 0 Å². The second-order valence-corrected chi connectivity index (χ2v) is 4.52. The first-order chi connectivity index (χ1) is 6.09. The predicted octanol–water partition coefficient (Wildman–Crippen LogP) is 3.97. The van der Waals surface area contributed by atoms with Crippen molar-refractivity contribution in [3.63, 3.8) is 0 Å². The van der Waals surface area contributed by atoms with E-state index in [9.17, 15) is 8.78 Å². The van der Waals surface area contributed by atoms with Crippen molar-refractivity contribution < 1.29 is 8.78 Å². The number of benzene rings is 1. The molecule has 0 amide bonds. The number of hydrogen-bond donors (Lipinski definition) is 0. The third kappa shape index (κ3) is 3.48. The van der Waals surface area contributed by atoms with Crippen molar-refractivity contribution in [3.05, 3.63) is 40.9 Å². The number of hydrogen-bond acceptors (Lipinski definition) is 1. The van der Waals surface area contributed by atoms with E-state index in [0.717, 1.165) is 10.5 Å². The summed E-state index contributed by atoms with van der Waals surface area (Å²) in [6, 6.07) is 3.53. The topological polar surface area (TPSA) is 0 Å². The number of thioether (sulfide) groups is 1. The van der Waals surface area contributed by atoms with E-state index in [1.165, 1.54) is 23.9 Å². The Kier molecular flexibility index (Phi) is 3.93. The maximum Gasteiger partial charge on any atom is 0.139 e. The quantitative estimate of drug-likeness (QED) is 0.745. The van der Waals surface area contributed by atoms with E-state index in [1.807, 2.05) is 0 Å². The van der Waals surface area contributed by atoms with Gasteiger partial charge in [0.05, 0.1) is 0 Å². The van der Waals surface area contributed by atoms with Crippen molar-refractivity contribution >= 4 is 27.7 Å². The van der Waals surface area contributed by atoms with Crippen LogP contribution in [0.1, 0.15) is 0 Å². The van der Waals surface area contributed by atoms with Gasteiger partial charge in [0.1, 0.15) is 11.6 Å². The lowest BCUT2D eigenvalue weighted by Gasteiger charge is -2.01. The molecule has 0 bridgehead atoms. The molecule has 0 aliphatic carbocycles. The maximum atomic E-state index is 13.0. The van der Waals surface area contributed by atoms with E-state index in [-0.39, 0.29) is 0 Å². The van der Waals surface area contributed by atoms with E-state index in [0.29, 0.717) is 10.6 Å². The van der Waals surface area contributed by atoms with Crippen molar-refractivity contribution in [2.75, 3.05) is 5.75 Å². The molecule has 0 aromatic heterocycles. The summed E-state index contributed by atoms with van der Waals surface area (Å²) in [5, 5.41) is 0. The van der Waals surface area contributed by atoms with Crippen LogP contribution in [0.25, 0.3) is 0 Å². The second kappa shape index (κ2) is 4.77. The molecule has 0 atom stereocenters. The SMILES string of the molecule is C=C(Br)CSc1ccc(F)cc1F. The average Bonchev–Trinajstić information content (AvgIpc) is 2.02. The van der Waals surface area contributed by atoms with Gasteiger partial charge in [-0.25, -0.2) is 8.78 Å². The maximum absolute atomic E-state index is 13.0. The average molecular weight is 265 g/mol. The highest BCUT2D eigenvalue weighted by atomic mass is 79.9. The lowest BCUT2D eigenvalue weighted by molar-refractivity contribution is 0.566. The van der Waals surface area contributed by atoms with Crippen LogP contribution in [-0.4, -0.2) is 5.75 Å². The molecule has 0 saturated heterocycles. The standard InChI is InChI=1S/C9H7BrF2S/c1-6(10)5-13-9-3-2-7(11)4-8(9)12/h2-4H,1,5H2. The molecule has 1 aromatic carbocycles. The smallest absolute Gasteiger partial charge is 0.139 e. The molecule has 0 heterocycles. The molecule has 70 valence electrons. The first-order valence-electron chi connectivity index (χ1n) is 3.50. The largest absolute Gasteiger partial charge is 0.207 e. The zero-order chi connectivity index (χ0) is 9.84. The summed E-state index contributed by atoms with van der Waals surface area (Å²) in [6.07, 6.45) is 0. The Hall–Kier alpha value is -0.350. The number of rotatable bonds is 3. The molecule has 13 heavy (non-hydrogen) atoms. The summed E-state index contributed by atoms with van der Waals surface area (Å²) in [7, 11) is 0. The van der Waals surface area contributed by atoms with Gasteiger partial charge in [0.25, 0.3) is 0 Å². The molecule has 1 aromatic rings. The summed E-state index contributed by atoms with van der Waals surface area (Å²) < 4.78 is 26.2. The number of halogens is 3. The molecular formula is C9H7BrF2S. The van der Waals surface area contributed by atoms with Gasteiger partial charge in [-0.1, -0.05) is 22.5 Å². The summed E-state index contributed by atoms with van der Waals surface area (Å²) in [5.41, 5.74) is 0. The molecule has 0 N–H and O–H groups in total. The first kappa shape index (κ1) is 10.7. The van der Waals surface area contributed by atoms with Crippen molar-refractivity contribution in [2.45, 2.75) is 4.90 Å². The van der Waals surface area contributed by atoms with E-state index < -0.39 is 11.6 Å². The van der Waals surface area contributed by atoms with Crippen LogP contribution in [0.3, 0.4) is 0 Å². The van der Waals surface area contributed by atoms with Gasteiger partial charge in [0.2, 0.25) is 0 Å². The Morgan fingerprint density at radius 2 is 2.15 bits per heavy atom. The minimum atomic E-state index is -0.556. The van der Waals surface area contributed by atoms with Gasteiger partial charge in [0, 0.05) is 16.7 Å². The monoisotopic (exact) mass is 264 g/mol. The van der Waals surface area contributed by atoms with Crippen LogP contribution in [0, 0.1) is 11.6 Å². The van der Waals surface area contributed by atoms with Gasteiger partial charge in [-0.2, -0.15) is 0 Å². The van der Waals surface area contributed by atoms with Crippen LogP contribution < -0.4 is 0 Å². The Labute approximate surface area is 88.2 Å². The van der Waals surface area contributed by atoms with Gasteiger partial charge < -0.3 is 0 Å². The van der Waals surface area contributed by atoms with Gasteiger partial charge in [-0.15, -0.1) is 11.8 Å². The first-order valence-corrected chi connectivity index (χ1v) is 5.28. The fourth-order valence-electron chi connectivity index (χ4n) is 0.748. The normalized spacial score (nSPS) is 10.1. The molecule has 0 radical (unpaired) electrons. The second-order valence-electron chi connectivity index (χ2n) is 2.38. The van der Waals surface area contributed by atoms with Crippen molar-refractivity contribution in [2.24, 2.45) is 0 Å². The van der Waals surface area contributed by atoms with Gasteiger partial charge in [0.15, 0.2) is 0 Å². The van der Waals surface area contributed by atoms with Crippen LogP contribution >= 0.6 is 27.7 Å². The summed E-state index contributed by atoms with van der Waals surface area (Å²) in [4.78, 5) is 0.432. The van der Waals surface area contributed by atoms with Gasteiger partial charge in [-0.05, 0) is 16.6 Å². The molecule has 0 spiro atoms. The zero-order valence-corrected chi connectivity index (χ0v) is 9.09. The molecule has 0 nitrogen and oxygen atoms in total. The Morgan fingerprint density at radius 1 is 1.46 bits per heavy atom. The van der Waals surface area contributed by atoms with E-state index in [4.69, 9.17) is 0 Å². The Bertz CT molecular complexity index is 325. The highest BCUT2D eigenvalue weighted by molar-refractivity contribution is 9.11. The molecule has 0 aliphatic heterocycles. The summed E-state index contributed by atoms with van der Waals surface area (Å²) in [5.74, 6) is -0.513. The zero-order valence-electron chi connectivity index (χ0n) is 6.69. The highest BCUT2D eigenvalue weighted by Gasteiger charge is 2.03. The fourth-order valence-corrected chi connectivity index (χ4v) is 1.76. The molecule has 1 rings (SSSR count). The van der Waals surface area contributed by atoms with E-state index >= 15 is 0 Å². The minimum Gasteiger partial charge on any atom is -0.207 e. The summed E-state index contributed by atoms with van der Waals surface area (Å²) in [6.45, 7) is 3.62. The fraction of sp³-hybridized carbons (Fsp3) is 0.111. The highest BCUT2D eigenvalue weighted by Crippen LogP contribution is 2.25. The molecule has 0 saturated carbocycles. The minimum absolute atomic E-state index is 0.432. The molecule has 0 unspecified atom stereocenters. The lowest BCUT2D eigenvalue weighted by Crippen LogP contribution is -1.84. The summed E-state index contributed by atoms with van der Waals surface area (Å²) >= 11 is 4.43. The van der Waals surface area contributed by atoms with Crippen molar-refractivity contribution in [1.29, 1.82) is 0 Å². The molecular weight excluding hydrogens is 258 g/mol. The van der Waals surface area contributed by atoms with Gasteiger partial charge >= 0.3 is 0 Å². The molecule has 0 aliphatic rings. The van der Waals surface area contributed by atoms with Crippen LogP contribution in [0.4, 0.5) is 8.78 Å². The third-order valence-electron chi connectivity index (χ3n) is 1.28. The van der Waals surface area contributed by atoms with E-state index in [1.54, 1.807) is 0 Å². The Balaban J connectivity index is 2.72. The van der Waals surface area contributed by atoms with Crippen LogP contribution in [0.5, 0.6) is 0 Å². The van der Waals surface area contributed by atoms with Gasteiger partial charge in [-0.3, -0.25) is 0 Å². The van der Waals surface area contributed by atoms with Crippen molar-refractivity contribution in [3.8, 4) is 0 Å². The third-order valence-corrected chi connectivity index (χ3v) is 3.06. The molecule has 4 heteroatoms.